The van der Waals surface area contributed by atoms with Crippen LogP contribution in [0.15, 0.2) is 18.2 Å². The maximum Gasteiger partial charge on any atom is 0.255 e. The zero-order chi connectivity index (χ0) is 15.4. The van der Waals surface area contributed by atoms with Gasteiger partial charge in [-0.05, 0) is 37.0 Å². The lowest BCUT2D eigenvalue weighted by Gasteiger charge is -2.31. The maximum absolute atomic E-state index is 12.5. The number of carbonyl (C=O) groups excluding carboxylic acids is 2. The lowest BCUT2D eigenvalue weighted by Crippen LogP contribution is -2.39. The molecule has 114 valence electrons. The molecule has 0 atom stereocenters. The molecule has 1 aromatic carbocycles. The molecule has 0 aromatic heterocycles. The number of hydrogen-bond donors (Lipinski definition) is 2. The van der Waals surface area contributed by atoms with E-state index < -0.39 is 0 Å². The van der Waals surface area contributed by atoms with Crippen molar-refractivity contribution >= 4 is 29.1 Å². The molecule has 5 nitrogen and oxygen atoms in total. The van der Waals surface area contributed by atoms with Crippen LogP contribution in [0.5, 0.6) is 0 Å². The molecule has 1 fully saturated rings. The molecule has 1 aliphatic rings. The number of anilines is 1. The summed E-state index contributed by atoms with van der Waals surface area (Å²) in [6.45, 7) is 2.81. The van der Waals surface area contributed by atoms with E-state index in [1.165, 1.54) is 6.92 Å². The molecule has 1 aromatic rings. The Morgan fingerprint density at radius 3 is 2.62 bits per heavy atom. The van der Waals surface area contributed by atoms with Crippen LogP contribution in [-0.2, 0) is 4.79 Å². The lowest BCUT2D eigenvalue weighted by molar-refractivity contribution is -0.114. The van der Waals surface area contributed by atoms with Crippen molar-refractivity contribution in [2.75, 3.05) is 25.0 Å². The van der Waals surface area contributed by atoms with Crippen LogP contribution >= 0.6 is 11.6 Å². The molecule has 2 amide bonds. The molecule has 2 rings (SSSR count). The van der Waals surface area contributed by atoms with Gasteiger partial charge in [0.25, 0.3) is 5.91 Å². The number of nitrogens with one attached hydrogen (secondary N) is 1. The summed E-state index contributed by atoms with van der Waals surface area (Å²) in [5.74, 6) is -0.0571. The smallest absolute Gasteiger partial charge is 0.255 e. The summed E-state index contributed by atoms with van der Waals surface area (Å²) in [6, 6.07) is 4.88. The molecule has 6 heteroatoms. The molecular formula is C15H19ClN2O3. The average molecular weight is 311 g/mol. The number of halogens is 1. The normalized spacial score (nSPS) is 15.9. The van der Waals surface area contributed by atoms with Crippen LogP contribution < -0.4 is 5.32 Å². The van der Waals surface area contributed by atoms with Crippen LogP contribution in [0.25, 0.3) is 0 Å². The maximum atomic E-state index is 12.5. The van der Waals surface area contributed by atoms with E-state index in [1.807, 2.05) is 0 Å². The quantitative estimate of drug-likeness (QED) is 0.898. The van der Waals surface area contributed by atoms with Crippen LogP contribution in [0, 0.1) is 5.92 Å². The molecule has 0 aliphatic carbocycles. The zero-order valence-electron chi connectivity index (χ0n) is 11.9. The van der Waals surface area contributed by atoms with Gasteiger partial charge in [-0.15, -0.1) is 0 Å². The van der Waals surface area contributed by atoms with Crippen LogP contribution in [0.2, 0.25) is 5.02 Å². The first-order chi connectivity index (χ1) is 10.0. The van der Waals surface area contributed by atoms with Crippen LogP contribution in [0.3, 0.4) is 0 Å². The van der Waals surface area contributed by atoms with Gasteiger partial charge in [-0.2, -0.15) is 0 Å². The fourth-order valence-electron chi connectivity index (χ4n) is 2.46. The van der Waals surface area contributed by atoms with E-state index in [0.717, 1.165) is 12.8 Å². The first kappa shape index (κ1) is 15.8. The summed E-state index contributed by atoms with van der Waals surface area (Å²) in [7, 11) is 0. The van der Waals surface area contributed by atoms with E-state index in [1.54, 1.807) is 23.1 Å². The summed E-state index contributed by atoms with van der Waals surface area (Å²) in [4.78, 5) is 25.3. The minimum atomic E-state index is -0.195. The van der Waals surface area contributed by atoms with Crippen LogP contribution in [0.1, 0.15) is 30.1 Å². The third-order valence-corrected chi connectivity index (χ3v) is 4.01. The molecule has 0 spiro atoms. The number of aliphatic hydroxyl groups is 1. The van der Waals surface area contributed by atoms with Gasteiger partial charge in [0.1, 0.15) is 0 Å². The number of nitrogens with zero attached hydrogens (tertiary/aromatic N) is 1. The Morgan fingerprint density at radius 1 is 1.38 bits per heavy atom. The Morgan fingerprint density at radius 2 is 2.05 bits per heavy atom. The van der Waals surface area contributed by atoms with Crippen molar-refractivity contribution in [3.05, 3.63) is 28.8 Å². The number of piperidine rings is 1. The highest BCUT2D eigenvalue weighted by Crippen LogP contribution is 2.25. The fourth-order valence-corrected chi connectivity index (χ4v) is 2.66. The van der Waals surface area contributed by atoms with Gasteiger partial charge in [0.2, 0.25) is 5.91 Å². The van der Waals surface area contributed by atoms with Gasteiger partial charge in [-0.1, -0.05) is 11.6 Å². The Kier molecular flexibility index (Phi) is 5.20. The van der Waals surface area contributed by atoms with Crippen molar-refractivity contribution in [2.24, 2.45) is 5.92 Å². The average Bonchev–Trinajstić information content (AvgIpc) is 2.48. The monoisotopic (exact) mass is 310 g/mol. The van der Waals surface area contributed by atoms with Gasteiger partial charge < -0.3 is 15.3 Å². The number of carbonyl (C=O) groups is 2. The van der Waals surface area contributed by atoms with E-state index in [4.69, 9.17) is 16.7 Å². The molecule has 0 bridgehead atoms. The highest BCUT2D eigenvalue weighted by molar-refractivity contribution is 6.34. The highest BCUT2D eigenvalue weighted by Gasteiger charge is 2.24. The third kappa shape index (κ3) is 3.95. The first-order valence-corrected chi connectivity index (χ1v) is 7.36. The topological polar surface area (TPSA) is 69.6 Å². The largest absolute Gasteiger partial charge is 0.396 e. The molecule has 0 saturated carbocycles. The molecule has 1 heterocycles. The Bertz CT molecular complexity index is 540. The van der Waals surface area contributed by atoms with Gasteiger partial charge >= 0.3 is 0 Å². The van der Waals surface area contributed by atoms with Crippen molar-refractivity contribution in [1.82, 2.24) is 4.90 Å². The second kappa shape index (κ2) is 6.91. The molecule has 0 radical (unpaired) electrons. The Balaban J connectivity index is 2.13. The van der Waals surface area contributed by atoms with Crippen molar-refractivity contribution < 1.29 is 14.7 Å². The van der Waals surface area contributed by atoms with Gasteiger partial charge in [-0.25, -0.2) is 0 Å². The molecule has 2 N–H and O–H groups in total. The standard InChI is InChI=1S/C15H19ClN2O3/c1-10(20)17-12-2-3-14(16)13(8-12)15(21)18-6-4-11(9-19)5-7-18/h2-3,8,11,19H,4-7,9H2,1H3,(H,17,20). The fraction of sp³-hybridized carbons (Fsp3) is 0.467. The third-order valence-electron chi connectivity index (χ3n) is 3.68. The van der Waals surface area contributed by atoms with Gasteiger partial charge in [0.15, 0.2) is 0 Å². The van der Waals surface area contributed by atoms with Gasteiger partial charge in [-0.3, -0.25) is 9.59 Å². The van der Waals surface area contributed by atoms with Gasteiger partial charge in [0, 0.05) is 32.3 Å². The van der Waals surface area contributed by atoms with Crippen molar-refractivity contribution in [2.45, 2.75) is 19.8 Å². The molecular weight excluding hydrogens is 292 g/mol. The highest BCUT2D eigenvalue weighted by atomic mass is 35.5. The minimum Gasteiger partial charge on any atom is -0.396 e. The number of rotatable bonds is 3. The predicted molar refractivity (Wildman–Crippen MR) is 81.5 cm³/mol. The number of hydrogen-bond acceptors (Lipinski definition) is 3. The summed E-state index contributed by atoms with van der Waals surface area (Å²) in [5.41, 5.74) is 0.950. The molecule has 1 aliphatic heterocycles. The van der Waals surface area contributed by atoms with E-state index >= 15 is 0 Å². The number of benzene rings is 1. The molecule has 1 saturated heterocycles. The lowest BCUT2D eigenvalue weighted by atomic mass is 9.97. The summed E-state index contributed by atoms with van der Waals surface area (Å²) >= 11 is 6.10. The zero-order valence-corrected chi connectivity index (χ0v) is 12.7. The summed E-state index contributed by atoms with van der Waals surface area (Å²) < 4.78 is 0. The SMILES string of the molecule is CC(=O)Nc1ccc(Cl)c(C(=O)N2CCC(CO)CC2)c1. The van der Waals surface area contributed by atoms with Gasteiger partial charge in [0.05, 0.1) is 10.6 Å². The number of likely N-dealkylation sites (tertiary alicyclic amines) is 1. The predicted octanol–water partition coefficient (Wildman–Crippen LogP) is 2.14. The minimum absolute atomic E-state index is 0.136. The van der Waals surface area contributed by atoms with Crippen molar-refractivity contribution in [3.8, 4) is 0 Å². The molecule has 21 heavy (non-hydrogen) atoms. The van der Waals surface area contributed by atoms with Crippen molar-refractivity contribution in [3.63, 3.8) is 0 Å². The Hall–Kier alpha value is -1.59. The number of amides is 2. The van der Waals surface area contributed by atoms with Crippen LogP contribution in [0.4, 0.5) is 5.69 Å². The van der Waals surface area contributed by atoms with Crippen molar-refractivity contribution in [1.29, 1.82) is 0 Å². The van der Waals surface area contributed by atoms with E-state index in [-0.39, 0.29) is 24.3 Å². The Labute approximate surface area is 128 Å². The summed E-state index contributed by atoms with van der Waals surface area (Å²) in [5, 5.41) is 12.2. The van der Waals surface area contributed by atoms with E-state index in [9.17, 15) is 9.59 Å². The van der Waals surface area contributed by atoms with E-state index in [2.05, 4.69) is 5.32 Å². The summed E-state index contributed by atoms with van der Waals surface area (Å²) in [6.07, 6.45) is 1.59. The van der Waals surface area contributed by atoms with Crippen LogP contribution in [-0.4, -0.2) is 41.5 Å². The number of aliphatic hydroxyl groups excluding tert-OH is 1. The molecule has 0 unspecified atom stereocenters. The second-order valence-electron chi connectivity index (χ2n) is 5.29. The van der Waals surface area contributed by atoms with E-state index in [0.29, 0.717) is 29.4 Å². The first-order valence-electron chi connectivity index (χ1n) is 6.98. The second-order valence-corrected chi connectivity index (χ2v) is 5.70.